The van der Waals surface area contributed by atoms with Crippen molar-refractivity contribution in [2.75, 3.05) is 0 Å². The van der Waals surface area contributed by atoms with Crippen molar-refractivity contribution in [1.82, 2.24) is 14.9 Å². The molecule has 0 bridgehead atoms. The number of fused-ring (bicyclic) bond motifs is 1. The molecule has 146 valence electrons. The summed E-state index contributed by atoms with van der Waals surface area (Å²) < 4.78 is 6.97. The normalized spacial score (nSPS) is 16.2. The monoisotopic (exact) mass is 379 g/mol. The molecule has 3 aromatic rings. The first-order valence-electron chi connectivity index (χ1n) is 9.87. The van der Waals surface area contributed by atoms with Gasteiger partial charge in [-0.3, -0.25) is 9.59 Å². The van der Waals surface area contributed by atoms with Crippen molar-refractivity contribution in [1.29, 1.82) is 0 Å². The maximum Gasteiger partial charge on any atom is 0.265 e. The Labute approximate surface area is 163 Å². The van der Waals surface area contributed by atoms with Gasteiger partial charge in [-0.1, -0.05) is 49.6 Å². The lowest BCUT2D eigenvalue weighted by molar-refractivity contribution is 0.0912. The van der Waals surface area contributed by atoms with Crippen LogP contribution in [0.4, 0.5) is 0 Å². The van der Waals surface area contributed by atoms with Crippen molar-refractivity contribution in [3.63, 3.8) is 0 Å². The number of carbonyl (C=O) groups excluding carboxylic acids is 1. The molecule has 0 saturated heterocycles. The highest BCUT2D eigenvalue weighted by Gasteiger charge is 2.29. The Morgan fingerprint density at radius 2 is 1.93 bits per heavy atom. The van der Waals surface area contributed by atoms with Crippen molar-refractivity contribution in [3.05, 3.63) is 63.9 Å². The minimum absolute atomic E-state index is 0.0844. The van der Waals surface area contributed by atoms with Crippen molar-refractivity contribution < 1.29 is 9.21 Å². The van der Waals surface area contributed by atoms with Crippen molar-refractivity contribution in [2.45, 2.75) is 45.1 Å². The third-order valence-electron chi connectivity index (χ3n) is 5.74. The molecule has 0 spiro atoms. The van der Waals surface area contributed by atoms with E-state index in [2.05, 4.69) is 22.4 Å². The molecule has 1 saturated carbocycles. The fourth-order valence-electron chi connectivity index (χ4n) is 4.28. The lowest BCUT2D eigenvalue weighted by Crippen LogP contribution is -2.35. The van der Waals surface area contributed by atoms with Gasteiger partial charge in [0.25, 0.3) is 11.5 Å². The molecule has 6 heteroatoms. The Morgan fingerprint density at radius 1 is 1.21 bits per heavy atom. The van der Waals surface area contributed by atoms with Crippen LogP contribution >= 0.6 is 0 Å². The van der Waals surface area contributed by atoms with Gasteiger partial charge < -0.3 is 14.3 Å². The highest BCUT2D eigenvalue weighted by Crippen LogP contribution is 2.35. The van der Waals surface area contributed by atoms with Gasteiger partial charge in [-0.2, -0.15) is 0 Å². The van der Waals surface area contributed by atoms with Gasteiger partial charge >= 0.3 is 0 Å². The van der Waals surface area contributed by atoms with Crippen molar-refractivity contribution in [3.8, 4) is 0 Å². The maximum absolute atomic E-state index is 13.3. The Kier molecular flexibility index (Phi) is 5.03. The predicted molar refractivity (Wildman–Crippen MR) is 107 cm³/mol. The van der Waals surface area contributed by atoms with Crippen LogP contribution in [-0.2, 0) is 7.05 Å². The van der Waals surface area contributed by atoms with Crippen molar-refractivity contribution >= 4 is 17.0 Å². The zero-order valence-electron chi connectivity index (χ0n) is 16.3. The number of hydrogen-bond donors (Lipinski definition) is 1. The average molecular weight is 379 g/mol. The molecule has 1 aliphatic rings. The number of aromatic nitrogens is 2. The number of hydrogen-bond acceptors (Lipinski definition) is 4. The van der Waals surface area contributed by atoms with Crippen LogP contribution < -0.4 is 10.9 Å². The van der Waals surface area contributed by atoms with Crippen LogP contribution in [0.2, 0.25) is 0 Å². The Morgan fingerprint density at radius 3 is 2.64 bits per heavy atom. The van der Waals surface area contributed by atoms with Gasteiger partial charge in [-0.05, 0) is 31.2 Å². The highest BCUT2D eigenvalue weighted by molar-refractivity contribution is 6.06. The SMILES string of the molecule is Cc1oc2ncn(C)c(=O)c2c1C(=O)NC(c1ccccc1)C1CCCCC1. The number of nitrogens with one attached hydrogen (secondary N) is 1. The minimum Gasteiger partial charge on any atom is -0.442 e. The summed E-state index contributed by atoms with van der Waals surface area (Å²) in [5.41, 5.74) is 1.32. The van der Waals surface area contributed by atoms with E-state index in [0.717, 1.165) is 18.4 Å². The summed E-state index contributed by atoms with van der Waals surface area (Å²) >= 11 is 0. The fraction of sp³-hybridized carbons (Fsp3) is 0.409. The summed E-state index contributed by atoms with van der Waals surface area (Å²) in [5, 5.41) is 3.46. The summed E-state index contributed by atoms with van der Waals surface area (Å²) in [7, 11) is 1.62. The van der Waals surface area contributed by atoms with Crippen LogP contribution in [0.25, 0.3) is 11.1 Å². The molecular weight excluding hydrogens is 354 g/mol. The van der Waals surface area contributed by atoms with Crippen LogP contribution in [0.1, 0.15) is 59.8 Å². The van der Waals surface area contributed by atoms with Crippen LogP contribution in [0.5, 0.6) is 0 Å². The number of furan rings is 1. The van der Waals surface area contributed by atoms with E-state index in [4.69, 9.17) is 4.42 Å². The predicted octanol–water partition coefficient (Wildman–Crippen LogP) is 3.89. The lowest BCUT2D eigenvalue weighted by atomic mass is 9.81. The smallest absolute Gasteiger partial charge is 0.265 e. The molecule has 6 nitrogen and oxygen atoms in total. The number of carbonyl (C=O) groups is 1. The first kappa shape index (κ1) is 18.5. The van der Waals surface area contributed by atoms with Gasteiger partial charge in [0, 0.05) is 7.05 Å². The maximum atomic E-state index is 13.3. The minimum atomic E-state index is -0.277. The number of nitrogens with zero attached hydrogens (tertiary/aromatic N) is 2. The van der Waals surface area contributed by atoms with E-state index >= 15 is 0 Å². The first-order chi connectivity index (χ1) is 13.6. The van der Waals surface area contributed by atoms with E-state index in [1.54, 1.807) is 14.0 Å². The molecule has 4 rings (SSSR count). The third kappa shape index (κ3) is 3.35. The number of rotatable bonds is 4. The van der Waals surface area contributed by atoms with Crippen LogP contribution in [0.3, 0.4) is 0 Å². The van der Waals surface area contributed by atoms with Gasteiger partial charge in [0.05, 0.1) is 11.6 Å². The lowest BCUT2D eigenvalue weighted by Gasteiger charge is -2.31. The number of aryl methyl sites for hydroxylation is 2. The largest absolute Gasteiger partial charge is 0.442 e. The van der Waals surface area contributed by atoms with E-state index in [1.165, 1.54) is 30.2 Å². The van der Waals surface area contributed by atoms with Crippen LogP contribution in [-0.4, -0.2) is 15.5 Å². The van der Waals surface area contributed by atoms with Gasteiger partial charge in [0.2, 0.25) is 5.71 Å². The second kappa shape index (κ2) is 7.62. The Balaban J connectivity index is 1.72. The summed E-state index contributed by atoms with van der Waals surface area (Å²) in [6.45, 7) is 1.70. The molecule has 2 aromatic heterocycles. The van der Waals surface area contributed by atoms with Crippen molar-refractivity contribution in [2.24, 2.45) is 13.0 Å². The van der Waals surface area contributed by atoms with Crippen LogP contribution in [0.15, 0.2) is 45.9 Å². The summed E-state index contributed by atoms with van der Waals surface area (Å²) in [6, 6.07) is 10.00. The topological polar surface area (TPSA) is 77.1 Å². The Hall–Kier alpha value is -2.89. The van der Waals surface area contributed by atoms with Gasteiger partial charge in [-0.15, -0.1) is 0 Å². The molecule has 1 N–H and O–H groups in total. The van der Waals surface area contributed by atoms with Gasteiger partial charge in [0.1, 0.15) is 17.5 Å². The van der Waals surface area contributed by atoms with E-state index < -0.39 is 0 Å². The highest BCUT2D eigenvalue weighted by atomic mass is 16.3. The molecule has 0 radical (unpaired) electrons. The quantitative estimate of drug-likeness (QED) is 0.746. The van der Waals surface area contributed by atoms with E-state index in [9.17, 15) is 9.59 Å². The third-order valence-corrected chi connectivity index (χ3v) is 5.74. The second-order valence-electron chi connectivity index (χ2n) is 7.63. The molecule has 1 aromatic carbocycles. The molecule has 2 heterocycles. The zero-order chi connectivity index (χ0) is 19.7. The first-order valence-corrected chi connectivity index (χ1v) is 9.87. The molecular formula is C22H25N3O3. The number of amides is 1. The summed E-state index contributed by atoms with van der Waals surface area (Å²) in [4.78, 5) is 30.0. The van der Waals surface area contributed by atoms with Crippen LogP contribution in [0, 0.1) is 12.8 Å². The standard InChI is InChI=1S/C22H25N3O3/c1-14-17(18-21(28-14)23-13-25(2)22(18)27)20(26)24-19(15-9-5-3-6-10-15)16-11-7-4-8-12-16/h3,5-6,9-10,13,16,19H,4,7-8,11-12H2,1-2H3,(H,24,26). The second-order valence-corrected chi connectivity index (χ2v) is 7.63. The summed E-state index contributed by atoms with van der Waals surface area (Å²) in [5.74, 6) is 0.527. The van der Waals surface area contributed by atoms with E-state index in [0.29, 0.717) is 17.2 Å². The van der Waals surface area contributed by atoms with E-state index in [1.807, 2.05) is 18.2 Å². The molecule has 1 fully saturated rings. The number of benzene rings is 1. The van der Waals surface area contributed by atoms with Gasteiger partial charge in [0.15, 0.2) is 0 Å². The molecule has 1 aliphatic carbocycles. The average Bonchev–Trinajstić information content (AvgIpc) is 3.07. The fourth-order valence-corrected chi connectivity index (χ4v) is 4.28. The molecule has 28 heavy (non-hydrogen) atoms. The molecule has 0 aliphatic heterocycles. The van der Waals surface area contributed by atoms with E-state index in [-0.39, 0.29) is 28.6 Å². The summed E-state index contributed by atoms with van der Waals surface area (Å²) in [6.07, 6.45) is 7.20. The molecule has 1 unspecified atom stereocenters. The molecule has 1 amide bonds. The Bertz CT molecular complexity index is 1050. The zero-order valence-corrected chi connectivity index (χ0v) is 16.3. The molecule has 1 atom stereocenters. The van der Waals surface area contributed by atoms with Gasteiger partial charge in [-0.25, -0.2) is 4.98 Å².